The normalized spacial score (nSPS) is 13.4. The van der Waals surface area contributed by atoms with E-state index in [1.54, 1.807) is 62.3 Å². The Kier molecular flexibility index (Phi) is 7.31. The largest absolute Gasteiger partial charge is 0.443 e. The van der Waals surface area contributed by atoms with Gasteiger partial charge < -0.3 is 19.3 Å². The molecule has 1 aromatic heterocycles. The minimum atomic E-state index is -1.14. The summed E-state index contributed by atoms with van der Waals surface area (Å²) < 4.78 is 16.7. The highest BCUT2D eigenvalue weighted by atomic mass is 16.6. The average molecular weight is 427 g/mol. The van der Waals surface area contributed by atoms with Gasteiger partial charge in [-0.15, -0.1) is 5.10 Å². The van der Waals surface area contributed by atoms with Crippen LogP contribution < -0.4 is 4.90 Å². The van der Waals surface area contributed by atoms with Crippen molar-refractivity contribution in [3.8, 4) is 0 Å². The number of hydrogen-bond acceptors (Lipinski definition) is 8. The van der Waals surface area contributed by atoms with E-state index in [4.69, 9.17) is 14.2 Å². The van der Waals surface area contributed by atoms with E-state index in [1.807, 2.05) is 0 Å². The summed E-state index contributed by atoms with van der Waals surface area (Å²) in [6, 6.07) is 1.22. The van der Waals surface area contributed by atoms with Gasteiger partial charge in [-0.1, -0.05) is 0 Å². The van der Waals surface area contributed by atoms with E-state index in [0.717, 1.165) is 4.68 Å². The second kappa shape index (κ2) is 8.63. The van der Waals surface area contributed by atoms with Crippen LogP contribution in [0.4, 0.5) is 20.2 Å². The van der Waals surface area contributed by atoms with Gasteiger partial charge in [0.1, 0.15) is 16.8 Å². The van der Waals surface area contributed by atoms with Crippen LogP contribution in [-0.4, -0.2) is 50.0 Å². The Labute approximate surface area is 177 Å². The van der Waals surface area contributed by atoms with Crippen LogP contribution in [0.1, 0.15) is 81.0 Å². The standard InChI is InChI=1S/C20H33N3O7/c1-12(24)13-11-14(21-23(13)17(27)30-20(8,9)10)22(15(25)28-18(2,3)4)16(26)29-19(5,6)7/h11-12,24H,1-10H3/t12-/m0/s1. The number of carbonyl (C=O) groups excluding carboxylic acids is 3. The van der Waals surface area contributed by atoms with Crippen LogP contribution >= 0.6 is 0 Å². The van der Waals surface area contributed by atoms with Gasteiger partial charge in [-0.2, -0.15) is 9.58 Å². The number of anilines is 1. The molecule has 0 radical (unpaired) electrons. The van der Waals surface area contributed by atoms with Gasteiger partial charge in [-0.05, 0) is 69.2 Å². The fourth-order valence-corrected chi connectivity index (χ4v) is 2.12. The smallest absolute Gasteiger partial charge is 0.435 e. The second-order valence-electron chi connectivity index (χ2n) is 9.79. The monoisotopic (exact) mass is 427 g/mol. The van der Waals surface area contributed by atoms with Crippen molar-refractivity contribution in [2.45, 2.75) is 92.1 Å². The molecule has 10 heteroatoms. The Hall–Kier alpha value is -2.62. The average Bonchev–Trinajstić information content (AvgIpc) is 2.86. The van der Waals surface area contributed by atoms with E-state index in [9.17, 15) is 19.5 Å². The number of aliphatic hydroxyl groups is 1. The van der Waals surface area contributed by atoms with E-state index in [0.29, 0.717) is 4.90 Å². The van der Waals surface area contributed by atoms with E-state index >= 15 is 0 Å². The molecule has 1 N–H and O–H groups in total. The molecule has 0 spiro atoms. The Balaban J connectivity index is 3.48. The van der Waals surface area contributed by atoms with Crippen molar-refractivity contribution in [1.82, 2.24) is 9.78 Å². The van der Waals surface area contributed by atoms with Crippen molar-refractivity contribution in [1.29, 1.82) is 0 Å². The summed E-state index contributed by atoms with van der Waals surface area (Å²) >= 11 is 0. The number of aliphatic hydroxyl groups excluding tert-OH is 1. The molecule has 0 bridgehead atoms. The third kappa shape index (κ3) is 7.66. The van der Waals surface area contributed by atoms with E-state index in [-0.39, 0.29) is 11.5 Å². The summed E-state index contributed by atoms with van der Waals surface area (Å²) in [5, 5.41) is 14.1. The topological polar surface area (TPSA) is 120 Å². The Morgan fingerprint density at radius 1 is 0.900 bits per heavy atom. The van der Waals surface area contributed by atoms with Crippen LogP contribution in [0.2, 0.25) is 0 Å². The second-order valence-corrected chi connectivity index (χ2v) is 9.79. The molecule has 30 heavy (non-hydrogen) atoms. The predicted molar refractivity (Wildman–Crippen MR) is 109 cm³/mol. The molecule has 1 heterocycles. The van der Waals surface area contributed by atoms with Gasteiger partial charge in [0.05, 0.1) is 11.8 Å². The van der Waals surface area contributed by atoms with Gasteiger partial charge in [0.15, 0.2) is 5.82 Å². The SMILES string of the molecule is C[C@H](O)c1cc(N(C(=O)OC(C)(C)C)C(=O)OC(C)(C)C)nn1C(=O)OC(C)(C)C. The maximum absolute atomic E-state index is 12.8. The summed E-state index contributed by atoms with van der Waals surface area (Å²) in [5.74, 6) is -0.250. The molecular formula is C20H33N3O7. The zero-order valence-corrected chi connectivity index (χ0v) is 19.4. The number of carbonyl (C=O) groups is 3. The molecule has 170 valence electrons. The summed E-state index contributed by atoms with van der Waals surface area (Å²) in [6.07, 6.45) is -4.10. The number of hydrogen-bond donors (Lipinski definition) is 1. The number of ether oxygens (including phenoxy) is 3. The first-order valence-corrected chi connectivity index (χ1v) is 9.58. The lowest BCUT2D eigenvalue weighted by molar-refractivity contribution is 0.0418. The molecule has 10 nitrogen and oxygen atoms in total. The van der Waals surface area contributed by atoms with Gasteiger partial charge in [0.25, 0.3) is 0 Å². The lowest BCUT2D eigenvalue weighted by atomic mass is 10.2. The van der Waals surface area contributed by atoms with Gasteiger partial charge >= 0.3 is 18.3 Å². The number of nitrogens with zero attached hydrogens (tertiary/aromatic N) is 3. The van der Waals surface area contributed by atoms with Gasteiger partial charge in [-0.25, -0.2) is 14.4 Å². The summed E-state index contributed by atoms with van der Waals surface area (Å²) in [4.78, 5) is 38.6. The maximum Gasteiger partial charge on any atom is 0.435 e. The molecule has 1 atom stereocenters. The van der Waals surface area contributed by atoms with Crippen molar-refractivity contribution >= 4 is 24.1 Å². The first kappa shape index (κ1) is 25.4. The molecule has 0 saturated heterocycles. The number of aromatic nitrogens is 2. The minimum Gasteiger partial charge on any atom is -0.443 e. The number of rotatable bonds is 2. The zero-order valence-electron chi connectivity index (χ0n) is 19.4. The molecule has 0 aliphatic heterocycles. The molecule has 0 unspecified atom stereocenters. The van der Waals surface area contributed by atoms with Crippen molar-refractivity contribution in [2.24, 2.45) is 0 Å². The summed E-state index contributed by atoms with van der Waals surface area (Å²) in [5.41, 5.74) is -2.61. The fraction of sp³-hybridized carbons (Fsp3) is 0.700. The molecule has 0 fully saturated rings. The van der Waals surface area contributed by atoms with E-state index < -0.39 is 41.2 Å². The van der Waals surface area contributed by atoms with Crippen molar-refractivity contribution in [3.05, 3.63) is 11.8 Å². The number of amides is 2. The van der Waals surface area contributed by atoms with Crippen molar-refractivity contribution in [2.75, 3.05) is 4.90 Å². The Morgan fingerprint density at radius 3 is 1.63 bits per heavy atom. The summed E-state index contributed by atoms with van der Waals surface area (Å²) in [7, 11) is 0. The third-order valence-corrected chi connectivity index (χ3v) is 3.10. The summed E-state index contributed by atoms with van der Waals surface area (Å²) in [6.45, 7) is 16.3. The molecule has 0 aromatic carbocycles. The lowest BCUT2D eigenvalue weighted by Gasteiger charge is -2.27. The van der Waals surface area contributed by atoms with E-state index in [2.05, 4.69) is 5.10 Å². The highest BCUT2D eigenvalue weighted by Gasteiger charge is 2.36. The highest BCUT2D eigenvalue weighted by molar-refractivity contribution is 6.08. The first-order valence-electron chi connectivity index (χ1n) is 9.58. The predicted octanol–water partition coefficient (Wildman–Crippen LogP) is 4.40. The molecular weight excluding hydrogens is 394 g/mol. The van der Waals surface area contributed by atoms with Crippen LogP contribution in [0.3, 0.4) is 0 Å². The Morgan fingerprint density at radius 2 is 1.30 bits per heavy atom. The van der Waals surface area contributed by atoms with Crippen LogP contribution in [0.25, 0.3) is 0 Å². The third-order valence-electron chi connectivity index (χ3n) is 3.10. The highest BCUT2D eigenvalue weighted by Crippen LogP contribution is 2.25. The van der Waals surface area contributed by atoms with Gasteiger partial charge in [-0.3, -0.25) is 0 Å². The van der Waals surface area contributed by atoms with Crippen LogP contribution in [0, 0.1) is 0 Å². The van der Waals surface area contributed by atoms with Crippen LogP contribution in [0.5, 0.6) is 0 Å². The lowest BCUT2D eigenvalue weighted by Crippen LogP contribution is -2.44. The Bertz CT molecular complexity index is 765. The van der Waals surface area contributed by atoms with Crippen LogP contribution in [0.15, 0.2) is 6.07 Å². The quantitative estimate of drug-likeness (QED) is 0.690. The minimum absolute atomic E-state index is 0.0244. The van der Waals surface area contributed by atoms with Crippen molar-refractivity contribution in [3.63, 3.8) is 0 Å². The van der Waals surface area contributed by atoms with Gasteiger partial charge in [0, 0.05) is 6.07 Å². The molecule has 2 amide bonds. The van der Waals surface area contributed by atoms with Crippen LogP contribution in [-0.2, 0) is 14.2 Å². The molecule has 0 saturated carbocycles. The van der Waals surface area contributed by atoms with Crippen molar-refractivity contribution < 1.29 is 33.7 Å². The fourth-order valence-electron chi connectivity index (χ4n) is 2.12. The molecule has 1 rings (SSSR count). The molecule has 0 aliphatic carbocycles. The first-order chi connectivity index (χ1) is 13.3. The number of imide groups is 1. The van der Waals surface area contributed by atoms with E-state index in [1.165, 1.54) is 13.0 Å². The molecule has 1 aromatic rings. The molecule has 0 aliphatic rings. The zero-order chi connectivity index (χ0) is 23.7. The van der Waals surface area contributed by atoms with Gasteiger partial charge in [0.2, 0.25) is 0 Å². The maximum atomic E-state index is 12.8.